The summed E-state index contributed by atoms with van der Waals surface area (Å²) in [6, 6.07) is 10.1. The first-order valence-corrected chi connectivity index (χ1v) is 9.53. The number of carbonyl (C=O) groups excluding carboxylic acids is 1. The molecule has 4 heterocycles. The highest BCUT2D eigenvalue weighted by molar-refractivity contribution is 5.79. The van der Waals surface area contributed by atoms with E-state index in [1.54, 1.807) is 16.6 Å². The Labute approximate surface area is 161 Å². The second-order valence-corrected chi connectivity index (χ2v) is 7.74. The Morgan fingerprint density at radius 2 is 1.75 bits per heavy atom. The molecule has 3 aromatic rings. The molecule has 0 aliphatic carbocycles. The maximum atomic E-state index is 13.0. The Bertz CT molecular complexity index is 1020. The molecule has 2 aliphatic heterocycles. The molecule has 1 aromatic carbocycles. The number of rotatable bonds is 3. The number of aryl methyl sites for hydroxylation is 1. The first-order valence-electron chi connectivity index (χ1n) is 9.53. The van der Waals surface area contributed by atoms with Crippen molar-refractivity contribution < 1.29 is 9.18 Å². The summed E-state index contributed by atoms with van der Waals surface area (Å²) in [5.74, 6) is 2.45. The van der Waals surface area contributed by atoms with Gasteiger partial charge in [-0.15, -0.1) is 15.3 Å². The molecule has 0 spiro atoms. The number of carbonyl (C=O) groups is 1. The number of nitrogens with zero attached hydrogens (tertiary/aromatic N) is 6. The van der Waals surface area contributed by atoms with Crippen molar-refractivity contribution in [3.8, 4) is 0 Å². The van der Waals surface area contributed by atoms with E-state index in [1.165, 1.54) is 12.1 Å². The lowest BCUT2D eigenvalue weighted by Crippen LogP contribution is -2.34. The Morgan fingerprint density at radius 1 is 1.04 bits per heavy atom. The van der Waals surface area contributed by atoms with Gasteiger partial charge in [-0.3, -0.25) is 4.79 Å². The fourth-order valence-electron chi connectivity index (χ4n) is 4.33. The van der Waals surface area contributed by atoms with Crippen LogP contribution in [0.2, 0.25) is 0 Å². The van der Waals surface area contributed by atoms with E-state index in [0.29, 0.717) is 18.3 Å². The van der Waals surface area contributed by atoms with Gasteiger partial charge in [0.25, 0.3) is 0 Å². The molecular formula is C20H21FN6O. The van der Waals surface area contributed by atoms with Gasteiger partial charge in [-0.2, -0.15) is 4.52 Å². The van der Waals surface area contributed by atoms with Crippen molar-refractivity contribution in [1.29, 1.82) is 0 Å². The zero-order chi connectivity index (χ0) is 19.3. The van der Waals surface area contributed by atoms with Crippen LogP contribution >= 0.6 is 0 Å². The Kier molecular flexibility index (Phi) is 3.99. The molecule has 5 rings (SSSR count). The SMILES string of the molecule is Cc1nnc2ccc(N3CC4CN(C(=O)Cc5ccc(F)cc5)CC4C3)nn12. The number of likely N-dealkylation sites (tertiary alicyclic amines) is 1. The van der Waals surface area contributed by atoms with E-state index in [4.69, 9.17) is 0 Å². The minimum absolute atomic E-state index is 0.118. The molecule has 1 amide bonds. The highest BCUT2D eigenvalue weighted by atomic mass is 19.1. The average molecular weight is 380 g/mol. The van der Waals surface area contributed by atoms with Crippen LogP contribution in [0.3, 0.4) is 0 Å². The Balaban J connectivity index is 1.23. The molecule has 2 atom stereocenters. The van der Waals surface area contributed by atoms with Gasteiger partial charge < -0.3 is 9.80 Å². The summed E-state index contributed by atoms with van der Waals surface area (Å²) >= 11 is 0. The third-order valence-electron chi connectivity index (χ3n) is 5.84. The van der Waals surface area contributed by atoms with Crippen molar-refractivity contribution in [2.75, 3.05) is 31.1 Å². The molecule has 0 saturated carbocycles. The maximum Gasteiger partial charge on any atom is 0.227 e. The quantitative estimate of drug-likeness (QED) is 0.692. The topological polar surface area (TPSA) is 66.6 Å². The van der Waals surface area contributed by atoms with E-state index in [1.807, 2.05) is 24.0 Å². The predicted octanol–water partition coefficient (Wildman–Crippen LogP) is 1.71. The van der Waals surface area contributed by atoms with Gasteiger partial charge in [-0.05, 0) is 36.8 Å². The van der Waals surface area contributed by atoms with Crippen molar-refractivity contribution >= 4 is 17.4 Å². The molecule has 28 heavy (non-hydrogen) atoms. The molecule has 8 heteroatoms. The van der Waals surface area contributed by atoms with Crippen molar-refractivity contribution in [3.63, 3.8) is 0 Å². The van der Waals surface area contributed by atoms with Gasteiger partial charge in [-0.1, -0.05) is 12.1 Å². The lowest BCUT2D eigenvalue weighted by Gasteiger charge is -2.22. The normalized spacial score (nSPS) is 21.5. The summed E-state index contributed by atoms with van der Waals surface area (Å²) in [7, 11) is 0. The predicted molar refractivity (Wildman–Crippen MR) is 101 cm³/mol. The van der Waals surface area contributed by atoms with E-state index in [2.05, 4.69) is 20.2 Å². The summed E-state index contributed by atoms with van der Waals surface area (Å²) in [4.78, 5) is 16.9. The third kappa shape index (κ3) is 2.98. The minimum Gasteiger partial charge on any atom is -0.354 e. The number of anilines is 1. The van der Waals surface area contributed by atoms with Gasteiger partial charge in [0, 0.05) is 38.0 Å². The van der Waals surface area contributed by atoms with Crippen molar-refractivity contribution in [2.45, 2.75) is 13.3 Å². The number of halogens is 1. The van der Waals surface area contributed by atoms with Crippen LogP contribution in [0.5, 0.6) is 0 Å². The first kappa shape index (κ1) is 17.1. The fraction of sp³-hybridized carbons (Fsp3) is 0.400. The molecule has 0 bridgehead atoms. The van der Waals surface area contributed by atoms with Gasteiger partial charge in [0.15, 0.2) is 11.5 Å². The lowest BCUT2D eigenvalue weighted by molar-refractivity contribution is -0.129. The summed E-state index contributed by atoms with van der Waals surface area (Å²) in [5.41, 5.74) is 1.60. The van der Waals surface area contributed by atoms with Crippen LogP contribution in [-0.4, -0.2) is 56.8 Å². The largest absolute Gasteiger partial charge is 0.354 e. The van der Waals surface area contributed by atoms with Gasteiger partial charge in [0.1, 0.15) is 11.6 Å². The Hall–Kier alpha value is -3.03. The van der Waals surface area contributed by atoms with Crippen LogP contribution in [0, 0.1) is 24.6 Å². The standard InChI is InChI=1S/C20H21FN6O/c1-13-22-23-18-6-7-19(24-27(13)18)25-9-15-11-26(12-16(15)10-25)20(28)8-14-2-4-17(21)5-3-14/h2-7,15-16H,8-12H2,1H3. The number of benzene rings is 1. The molecule has 2 saturated heterocycles. The molecule has 0 radical (unpaired) electrons. The zero-order valence-electron chi connectivity index (χ0n) is 15.6. The van der Waals surface area contributed by atoms with E-state index in [0.717, 1.165) is 49.0 Å². The molecule has 2 aliphatic rings. The van der Waals surface area contributed by atoms with Crippen molar-refractivity contribution in [3.05, 3.63) is 53.6 Å². The monoisotopic (exact) mass is 380 g/mol. The molecule has 144 valence electrons. The summed E-state index contributed by atoms with van der Waals surface area (Å²) in [6.07, 6.45) is 0.328. The van der Waals surface area contributed by atoms with E-state index in [9.17, 15) is 9.18 Å². The van der Waals surface area contributed by atoms with Gasteiger partial charge in [0.2, 0.25) is 5.91 Å². The molecule has 0 N–H and O–H groups in total. The zero-order valence-corrected chi connectivity index (χ0v) is 15.6. The molecule has 2 fully saturated rings. The average Bonchev–Trinajstić information content (AvgIpc) is 3.37. The van der Waals surface area contributed by atoms with Crippen molar-refractivity contribution in [1.82, 2.24) is 24.7 Å². The van der Waals surface area contributed by atoms with Gasteiger partial charge >= 0.3 is 0 Å². The first-order chi connectivity index (χ1) is 13.6. The highest BCUT2D eigenvalue weighted by Crippen LogP contribution is 2.33. The third-order valence-corrected chi connectivity index (χ3v) is 5.84. The van der Waals surface area contributed by atoms with Gasteiger partial charge in [-0.25, -0.2) is 4.39 Å². The van der Waals surface area contributed by atoms with Crippen LogP contribution in [0.25, 0.3) is 5.65 Å². The lowest BCUT2D eigenvalue weighted by atomic mass is 10.0. The van der Waals surface area contributed by atoms with Crippen LogP contribution in [0.4, 0.5) is 10.2 Å². The van der Waals surface area contributed by atoms with Crippen LogP contribution < -0.4 is 4.90 Å². The summed E-state index contributed by atoms with van der Waals surface area (Å²) in [6.45, 7) is 5.22. The summed E-state index contributed by atoms with van der Waals surface area (Å²) in [5, 5.41) is 12.8. The van der Waals surface area contributed by atoms with Crippen LogP contribution in [-0.2, 0) is 11.2 Å². The molecular weight excluding hydrogens is 359 g/mol. The molecule has 2 aromatic heterocycles. The fourth-order valence-corrected chi connectivity index (χ4v) is 4.33. The number of hydrogen-bond donors (Lipinski definition) is 0. The van der Waals surface area contributed by atoms with E-state index in [-0.39, 0.29) is 11.7 Å². The van der Waals surface area contributed by atoms with Gasteiger partial charge in [0.05, 0.1) is 6.42 Å². The second-order valence-electron chi connectivity index (χ2n) is 7.74. The maximum absolute atomic E-state index is 13.0. The second kappa shape index (κ2) is 6.54. The van der Waals surface area contributed by atoms with E-state index < -0.39 is 0 Å². The number of hydrogen-bond acceptors (Lipinski definition) is 5. The van der Waals surface area contributed by atoms with E-state index >= 15 is 0 Å². The molecule has 2 unspecified atom stereocenters. The van der Waals surface area contributed by atoms with Crippen LogP contribution in [0.1, 0.15) is 11.4 Å². The summed E-state index contributed by atoms with van der Waals surface area (Å²) < 4.78 is 14.8. The number of amides is 1. The number of aromatic nitrogens is 4. The van der Waals surface area contributed by atoms with Crippen LogP contribution in [0.15, 0.2) is 36.4 Å². The Morgan fingerprint density at radius 3 is 2.46 bits per heavy atom. The number of fused-ring (bicyclic) bond motifs is 2. The highest BCUT2D eigenvalue weighted by Gasteiger charge is 2.41. The van der Waals surface area contributed by atoms with Crippen molar-refractivity contribution in [2.24, 2.45) is 11.8 Å². The molecule has 7 nitrogen and oxygen atoms in total. The smallest absolute Gasteiger partial charge is 0.227 e. The minimum atomic E-state index is -0.277.